The van der Waals surface area contributed by atoms with Crippen molar-refractivity contribution in [1.82, 2.24) is 20.2 Å². The zero-order chi connectivity index (χ0) is 29.0. The van der Waals surface area contributed by atoms with Crippen LogP contribution in [0.5, 0.6) is 0 Å². The zero-order valence-corrected chi connectivity index (χ0v) is 22.5. The Kier molecular flexibility index (Phi) is 7.28. The van der Waals surface area contributed by atoms with Crippen molar-refractivity contribution in [3.63, 3.8) is 0 Å². The third kappa shape index (κ3) is 5.63. The van der Waals surface area contributed by atoms with Crippen molar-refractivity contribution in [2.45, 2.75) is 75.4 Å². The number of thiazole rings is 1. The minimum absolute atomic E-state index is 0.00309. The van der Waals surface area contributed by atoms with Crippen LogP contribution in [-0.2, 0) is 10.9 Å². The van der Waals surface area contributed by atoms with Gasteiger partial charge in [-0.2, -0.15) is 13.2 Å². The third-order valence-corrected chi connectivity index (χ3v) is 8.61. The summed E-state index contributed by atoms with van der Waals surface area (Å²) in [4.78, 5) is 35.2. The standard InChI is InChI=1S/C25H28F5N5O4S/c1-12-7-24(26,27)11-35(12)22(38)18-19(40-21(33-18)20(37)32-15-9-39-10-16(15)36)13-8-31-17(6-14(13)25(28,29)30)34-23(2)4-3-5-23/h6,8,12,15-16,36H,3-5,7,9-11H2,1-2H3,(H,31,34)(H,32,37)/t12?,15-,16-/m1/s1. The van der Waals surface area contributed by atoms with Crippen LogP contribution < -0.4 is 10.6 Å². The van der Waals surface area contributed by atoms with Gasteiger partial charge in [-0.3, -0.25) is 9.59 Å². The van der Waals surface area contributed by atoms with Gasteiger partial charge in [-0.25, -0.2) is 18.7 Å². The lowest BCUT2D eigenvalue weighted by Crippen LogP contribution is -2.42. The van der Waals surface area contributed by atoms with Crippen LogP contribution in [0.2, 0.25) is 0 Å². The predicted molar refractivity (Wildman–Crippen MR) is 134 cm³/mol. The maximum atomic E-state index is 14.3. The second-order valence-corrected chi connectivity index (χ2v) is 11.9. The maximum absolute atomic E-state index is 14.3. The van der Waals surface area contributed by atoms with Crippen LogP contribution in [0.4, 0.5) is 27.8 Å². The highest BCUT2D eigenvalue weighted by molar-refractivity contribution is 7.17. The summed E-state index contributed by atoms with van der Waals surface area (Å²) in [5.74, 6) is -5.04. The number of carbonyl (C=O) groups excluding carboxylic acids is 2. The summed E-state index contributed by atoms with van der Waals surface area (Å²) in [6.45, 7) is 2.35. The molecule has 2 amide bonds. The molecule has 40 heavy (non-hydrogen) atoms. The summed E-state index contributed by atoms with van der Waals surface area (Å²) in [5, 5.41) is 15.1. The molecular weight excluding hydrogens is 561 g/mol. The number of hydrogen-bond acceptors (Lipinski definition) is 8. The number of carbonyl (C=O) groups is 2. The van der Waals surface area contributed by atoms with Crippen LogP contribution in [0.1, 0.15) is 65.4 Å². The number of hydrogen-bond donors (Lipinski definition) is 3. The molecule has 5 rings (SSSR count). The average Bonchev–Trinajstić information content (AvgIpc) is 3.53. The molecule has 3 fully saturated rings. The summed E-state index contributed by atoms with van der Waals surface area (Å²) in [6, 6.07) is -0.858. The molecule has 1 unspecified atom stereocenters. The van der Waals surface area contributed by atoms with Gasteiger partial charge < -0.3 is 25.4 Å². The Morgan fingerprint density at radius 2 is 1.98 bits per heavy atom. The summed E-state index contributed by atoms with van der Waals surface area (Å²) in [7, 11) is 0. The summed E-state index contributed by atoms with van der Waals surface area (Å²) in [6.07, 6.45) is -3.07. The molecule has 0 aromatic carbocycles. The quantitative estimate of drug-likeness (QED) is 0.437. The second kappa shape index (κ2) is 10.2. The van der Waals surface area contributed by atoms with Crippen molar-refractivity contribution in [2.75, 3.05) is 25.1 Å². The van der Waals surface area contributed by atoms with Crippen molar-refractivity contribution in [3.8, 4) is 10.4 Å². The van der Waals surface area contributed by atoms with Gasteiger partial charge in [0.1, 0.15) is 11.5 Å². The van der Waals surface area contributed by atoms with Gasteiger partial charge >= 0.3 is 6.18 Å². The maximum Gasteiger partial charge on any atom is 0.417 e. The lowest BCUT2D eigenvalue weighted by atomic mass is 9.78. The highest BCUT2D eigenvalue weighted by Gasteiger charge is 2.47. The monoisotopic (exact) mass is 589 g/mol. The molecule has 218 valence electrons. The fourth-order valence-electron chi connectivity index (χ4n) is 5.16. The molecule has 2 aromatic rings. The summed E-state index contributed by atoms with van der Waals surface area (Å²) < 4.78 is 76.3. The molecule has 9 nitrogen and oxygen atoms in total. The van der Waals surface area contributed by atoms with Gasteiger partial charge in [0.15, 0.2) is 5.01 Å². The number of halogens is 5. The van der Waals surface area contributed by atoms with Crippen molar-refractivity contribution < 1.29 is 41.4 Å². The van der Waals surface area contributed by atoms with E-state index in [1.54, 1.807) is 0 Å². The summed E-state index contributed by atoms with van der Waals surface area (Å²) in [5.41, 5.74) is -2.56. The van der Waals surface area contributed by atoms with Crippen LogP contribution in [0.25, 0.3) is 10.4 Å². The molecule has 15 heteroatoms. The van der Waals surface area contributed by atoms with E-state index in [0.29, 0.717) is 11.3 Å². The number of aliphatic hydroxyl groups excluding tert-OH is 1. The molecule has 2 saturated heterocycles. The number of ether oxygens (including phenoxy) is 1. The van der Waals surface area contributed by atoms with Crippen LogP contribution in [0.15, 0.2) is 12.3 Å². The first kappa shape index (κ1) is 28.6. The molecule has 0 bridgehead atoms. The Morgan fingerprint density at radius 1 is 1.25 bits per heavy atom. The lowest BCUT2D eigenvalue weighted by molar-refractivity contribution is -0.137. The van der Waals surface area contributed by atoms with Crippen LogP contribution in [0.3, 0.4) is 0 Å². The fraction of sp³-hybridized carbons (Fsp3) is 0.600. The molecule has 1 aliphatic carbocycles. The zero-order valence-electron chi connectivity index (χ0n) is 21.6. The first-order chi connectivity index (χ1) is 18.7. The molecular formula is C25H28F5N5O4S. The molecule has 3 N–H and O–H groups in total. The molecule has 2 aliphatic heterocycles. The Hall–Kier alpha value is -2.91. The van der Waals surface area contributed by atoms with Gasteiger partial charge in [0.2, 0.25) is 0 Å². The molecule has 2 aromatic heterocycles. The summed E-state index contributed by atoms with van der Waals surface area (Å²) >= 11 is 0.517. The molecule has 4 heterocycles. The largest absolute Gasteiger partial charge is 0.417 e. The Labute approximate surface area is 230 Å². The number of anilines is 1. The predicted octanol–water partition coefficient (Wildman–Crippen LogP) is 3.94. The van der Waals surface area contributed by atoms with Crippen molar-refractivity contribution in [2.24, 2.45) is 0 Å². The number of likely N-dealkylation sites (tertiary alicyclic amines) is 1. The second-order valence-electron chi connectivity index (χ2n) is 10.9. The normalized spacial score (nSPS) is 25.5. The molecule has 3 aliphatic rings. The number of rotatable bonds is 6. The minimum atomic E-state index is -4.87. The van der Waals surface area contributed by atoms with E-state index in [4.69, 9.17) is 4.74 Å². The van der Waals surface area contributed by atoms with E-state index in [1.165, 1.54) is 6.92 Å². The number of amides is 2. The van der Waals surface area contributed by atoms with E-state index >= 15 is 0 Å². The molecule has 0 radical (unpaired) electrons. The van der Waals surface area contributed by atoms with Crippen molar-refractivity contribution in [1.29, 1.82) is 0 Å². The number of pyridine rings is 1. The van der Waals surface area contributed by atoms with E-state index in [0.717, 1.165) is 36.4 Å². The van der Waals surface area contributed by atoms with E-state index in [1.807, 2.05) is 6.92 Å². The smallest absolute Gasteiger partial charge is 0.388 e. The number of aliphatic hydroxyl groups is 1. The van der Waals surface area contributed by atoms with Crippen LogP contribution in [0, 0.1) is 0 Å². The number of aromatic nitrogens is 2. The van der Waals surface area contributed by atoms with Gasteiger partial charge in [-0.05, 0) is 39.2 Å². The number of nitrogens with zero attached hydrogens (tertiary/aromatic N) is 3. The highest BCUT2D eigenvalue weighted by Crippen LogP contribution is 2.43. The van der Waals surface area contributed by atoms with Gasteiger partial charge in [0.05, 0.1) is 42.3 Å². The molecule has 1 saturated carbocycles. The van der Waals surface area contributed by atoms with E-state index in [-0.39, 0.29) is 34.5 Å². The van der Waals surface area contributed by atoms with Crippen molar-refractivity contribution >= 4 is 29.0 Å². The molecule has 3 atom stereocenters. The van der Waals surface area contributed by atoms with E-state index < -0.39 is 71.9 Å². The third-order valence-electron chi connectivity index (χ3n) is 7.52. The van der Waals surface area contributed by atoms with Gasteiger partial charge in [0.25, 0.3) is 17.7 Å². The Balaban J connectivity index is 1.57. The van der Waals surface area contributed by atoms with E-state index in [9.17, 15) is 36.6 Å². The lowest BCUT2D eigenvalue weighted by Gasteiger charge is -2.39. The van der Waals surface area contributed by atoms with Crippen LogP contribution >= 0.6 is 11.3 Å². The van der Waals surface area contributed by atoms with Crippen LogP contribution in [-0.4, -0.2) is 81.2 Å². The Morgan fingerprint density at radius 3 is 2.52 bits per heavy atom. The fourth-order valence-corrected chi connectivity index (χ4v) is 6.14. The Bertz CT molecular complexity index is 1310. The number of nitrogens with one attached hydrogen (secondary N) is 2. The van der Waals surface area contributed by atoms with Gasteiger partial charge in [-0.15, -0.1) is 11.3 Å². The number of alkyl halides is 5. The van der Waals surface area contributed by atoms with E-state index in [2.05, 4.69) is 20.6 Å². The van der Waals surface area contributed by atoms with Crippen molar-refractivity contribution in [3.05, 3.63) is 28.5 Å². The minimum Gasteiger partial charge on any atom is -0.388 e. The van der Waals surface area contributed by atoms with Gasteiger partial charge in [-0.1, -0.05) is 0 Å². The SMILES string of the molecule is CC1CC(F)(F)CN1C(=O)c1nc(C(=O)N[C@@H]2COC[C@H]2O)sc1-c1cnc(NC2(C)CCC2)cc1C(F)(F)F. The van der Waals surface area contributed by atoms with Gasteiger partial charge in [0, 0.05) is 29.8 Å². The average molecular weight is 590 g/mol. The first-order valence-electron chi connectivity index (χ1n) is 12.8. The molecule has 0 spiro atoms. The first-order valence-corrected chi connectivity index (χ1v) is 13.6. The topological polar surface area (TPSA) is 117 Å². The highest BCUT2D eigenvalue weighted by atomic mass is 32.1.